The van der Waals surface area contributed by atoms with Crippen molar-refractivity contribution < 1.29 is 9.53 Å². The molecule has 1 aliphatic heterocycles. The maximum atomic E-state index is 12.8. The highest BCUT2D eigenvalue weighted by Gasteiger charge is 2.23. The van der Waals surface area contributed by atoms with E-state index in [0.29, 0.717) is 30.7 Å². The second-order valence-corrected chi connectivity index (χ2v) is 9.00. The van der Waals surface area contributed by atoms with Crippen LogP contribution in [0, 0.1) is 0 Å². The van der Waals surface area contributed by atoms with Gasteiger partial charge in [-0.3, -0.25) is 14.2 Å². The molecule has 0 bridgehead atoms. The summed E-state index contributed by atoms with van der Waals surface area (Å²) in [5.41, 5.74) is 1.18. The van der Waals surface area contributed by atoms with Crippen molar-refractivity contribution in [2.75, 3.05) is 38.2 Å². The van der Waals surface area contributed by atoms with Gasteiger partial charge in [0.05, 0.1) is 30.9 Å². The predicted molar refractivity (Wildman–Crippen MR) is 123 cm³/mol. The fourth-order valence-corrected chi connectivity index (χ4v) is 4.06. The maximum absolute atomic E-state index is 12.8. The van der Waals surface area contributed by atoms with Crippen molar-refractivity contribution in [3.8, 4) is 5.75 Å². The Hall–Kier alpha value is -3.36. The minimum absolute atomic E-state index is 0.0436. The van der Waals surface area contributed by atoms with E-state index in [2.05, 4.69) is 15.0 Å². The van der Waals surface area contributed by atoms with E-state index in [4.69, 9.17) is 4.74 Å². The molecule has 1 aliphatic rings. The molecule has 1 saturated heterocycles. The first kappa shape index (κ1) is 21.9. The number of para-hydroxylation sites is 2. The van der Waals surface area contributed by atoms with Crippen LogP contribution in [-0.2, 0) is 16.9 Å². The Morgan fingerprint density at radius 3 is 2.53 bits per heavy atom. The summed E-state index contributed by atoms with van der Waals surface area (Å²) in [6.07, 6.45) is 3.34. The molecule has 0 spiro atoms. The van der Waals surface area contributed by atoms with Gasteiger partial charge in [-0.2, -0.15) is 5.10 Å². The highest BCUT2D eigenvalue weighted by Crippen LogP contribution is 2.28. The third-order valence-corrected chi connectivity index (χ3v) is 5.81. The fourth-order valence-electron chi connectivity index (χ4n) is 4.06. The van der Waals surface area contributed by atoms with Gasteiger partial charge in [-0.05, 0) is 32.9 Å². The summed E-state index contributed by atoms with van der Waals surface area (Å²) in [7, 11) is 1.67. The van der Waals surface area contributed by atoms with Crippen LogP contribution in [0.2, 0.25) is 0 Å². The van der Waals surface area contributed by atoms with E-state index in [1.54, 1.807) is 18.0 Å². The van der Waals surface area contributed by atoms with Crippen LogP contribution in [0.5, 0.6) is 5.75 Å². The van der Waals surface area contributed by atoms with E-state index in [1.807, 2.05) is 49.9 Å². The zero-order chi connectivity index (χ0) is 22.9. The number of anilines is 1. The number of hydrogen-bond donors (Lipinski definition) is 0. The molecule has 2 aromatic heterocycles. The lowest BCUT2D eigenvalue weighted by molar-refractivity contribution is -0.131. The number of nitrogens with zero attached hydrogens (tertiary/aromatic N) is 6. The van der Waals surface area contributed by atoms with Crippen molar-refractivity contribution in [3.05, 3.63) is 47.1 Å². The number of methoxy groups -OCH3 is 1. The molecule has 0 unspecified atom stereocenters. The number of hydrogen-bond acceptors (Lipinski definition) is 6. The molecule has 0 radical (unpaired) electrons. The molecule has 0 aliphatic carbocycles. The summed E-state index contributed by atoms with van der Waals surface area (Å²) in [5, 5.41) is 4.81. The standard InChI is InChI=1S/C23H30N6O3/c1-23(2,3)29-21-17(15-25-29)22(31)28(16-24-21)10-9-20(30)27-13-11-26(12-14-27)18-7-5-6-8-19(18)32-4/h5-8,15-16H,9-14H2,1-4H3. The maximum Gasteiger partial charge on any atom is 0.264 e. The number of fused-ring (bicyclic) bond motifs is 1. The molecule has 3 aromatic rings. The molecule has 32 heavy (non-hydrogen) atoms. The van der Waals surface area contributed by atoms with Crippen LogP contribution in [-0.4, -0.2) is 63.4 Å². The monoisotopic (exact) mass is 438 g/mol. The van der Waals surface area contributed by atoms with Gasteiger partial charge in [0.15, 0.2) is 5.65 Å². The molecule has 3 heterocycles. The van der Waals surface area contributed by atoms with Crippen LogP contribution in [0.4, 0.5) is 5.69 Å². The van der Waals surface area contributed by atoms with Crippen molar-refractivity contribution in [3.63, 3.8) is 0 Å². The van der Waals surface area contributed by atoms with Gasteiger partial charge >= 0.3 is 0 Å². The van der Waals surface area contributed by atoms with Crippen molar-refractivity contribution in [2.45, 2.75) is 39.3 Å². The minimum Gasteiger partial charge on any atom is -0.495 e. The fraction of sp³-hybridized carbons (Fsp3) is 0.478. The van der Waals surface area contributed by atoms with Gasteiger partial charge in [0, 0.05) is 39.1 Å². The average Bonchev–Trinajstić information content (AvgIpc) is 3.24. The Balaban J connectivity index is 1.38. The minimum atomic E-state index is -0.269. The lowest BCUT2D eigenvalue weighted by atomic mass is 10.1. The molecule has 1 fully saturated rings. The van der Waals surface area contributed by atoms with E-state index in [1.165, 1.54) is 10.9 Å². The van der Waals surface area contributed by atoms with E-state index in [9.17, 15) is 9.59 Å². The summed E-state index contributed by atoms with van der Waals surface area (Å²) >= 11 is 0. The Bertz CT molecular complexity index is 1170. The van der Waals surface area contributed by atoms with Crippen molar-refractivity contribution in [2.24, 2.45) is 0 Å². The van der Waals surface area contributed by atoms with Crippen molar-refractivity contribution in [1.29, 1.82) is 0 Å². The molecule has 4 rings (SSSR count). The van der Waals surface area contributed by atoms with Crippen molar-refractivity contribution in [1.82, 2.24) is 24.2 Å². The number of rotatable bonds is 5. The van der Waals surface area contributed by atoms with Gasteiger partial charge in [-0.25, -0.2) is 9.67 Å². The average molecular weight is 439 g/mol. The Kier molecular flexibility index (Phi) is 5.90. The molecule has 1 aromatic carbocycles. The van der Waals surface area contributed by atoms with Gasteiger partial charge < -0.3 is 14.5 Å². The summed E-state index contributed by atoms with van der Waals surface area (Å²) < 4.78 is 8.71. The first-order valence-electron chi connectivity index (χ1n) is 10.9. The SMILES string of the molecule is COc1ccccc1N1CCN(C(=O)CCn2cnc3c(cnn3C(C)(C)C)c2=O)CC1. The molecule has 0 saturated carbocycles. The molecule has 9 nitrogen and oxygen atoms in total. The van der Waals surface area contributed by atoms with Gasteiger partial charge in [-0.15, -0.1) is 0 Å². The number of benzene rings is 1. The summed E-state index contributed by atoms with van der Waals surface area (Å²) in [6.45, 7) is 9.10. The zero-order valence-electron chi connectivity index (χ0n) is 19.1. The third kappa shape index (κ3) is 4.19. The quantitative estimate of drug-likeness (QED) is 0.607. The topological polar surface area (TPSA) is 85.5 Å². The third-order valence-electron chi connectivity index (χ3n) is 5.81. The zero-order valence-corrected chi connectivity index (χ0v) is 19.1. The number of amides is 1. The number of aromatic nitrogens is 4. The van der Waals surface area contributed by atoms with Crippen molar-refractivity contribution >= 4 is 22.6 Å². The van der Waals surface area contributed by atoms with E-state index < -0.39 is 0 Å². The smallest absolute Gasteiger partial charge is 0.264 e. The largest absolute Gasteiger partial charge is 0.495 e. The van der Waals surface area contributed by atoms with Gasteiger partial charge in [0.2, 0.25) is 5.91 Å². The first-order chi connectivity index (χ1) is 15.3. The summed E-state index contributed by atoms with van der Waals surface area (Å²) in [6, 6.07) is 7.92. The lowest BCUT2D eigenvalue weighted by Crippen LogP contribution is -2.49. The molecular formula is C23H30N6O3. The summed E-state index contributed by atoms with van der Waals surface area (Å²) in [4.78, 5) is 34.2. The van der Waals surface area contributed by atoms with E-state index in [0.717, 1.165) is 24.5 Å². The number of carbonyl (C=O) groups is 1. The number of ether oxygens (including phenoxy) is 1. The number of aryl methyl sites for hydroxylation is 1. The van der Waals surface area contributed by atoms with Gasteiger partial charge in [0.1, 0.15) is 11.1 Å². The molecule has 1 amide bonds. The molecule has 0 atom stereocenters. The molecular weight excluding hydrogens is 408 g/mol. The normalized spacial score (nSPS) is 14.8. The second-order valence-electron chi connectivity index (χ2n) is 9.00. The van der Waals surface area contributed by atoms with Crippen LogP contribution >= 0.6 is 0 Å². The first-order valence-corrected chi connectivity index (χ1v) is 10.9. The number of piperazine rings is 1. The molecule has 170 valence electrons. The van der Waals surface area contributed by atoms with Gasteiger partial charge in [0.25, 0.3) is 5.56 Å². The van der Waals surface area contributed by atoms with Crippen LogP contribution in [0.15, 0.2) is 41.6 Å². The highest BCUT2D eigenvalue weighted by molar-refractivity contribution is 5.77. The lowest BCUT2D eigenvalue weighted by Gasteiger charge is -2.36. The number of carbonyl (C=O) groups excluding carboxylic acids is 1. The van der Waals surface area contributed by atoms with E-state index >= 15 is 0 Å². The second kappa shape index (κ2) is 8.64. The molecule has 9 heteroatoms. The highest BCUT2D eigenvalue weighted by atomic mass is 16.5. The Morgan fingerprint density at radius 2 is 1.84 bits per heavy atom. The van der Waals surface area contributed by atoms with Crippen LogP contribution in [0.1, 0.15) is 27.2 Å². The Morgan fingerprint density at radius 1 is 1.12 bits per heavy atom. The van der Waals surface area contributed by atoms with Crippen LogP contribution < -0.4 is 15.2 Å². The summed E-state index contributed by atoms with van der Waals surface area (Å²) in [5.74, 6) is 0.881. The Labute approximate surface area is 187 Å². The van der Waals surface area contributed by atoms with Crippen LogP contribution in [0.25, 0.3) is 11.0 Å². The van der Waals surface area contributed by atoms with Gasteiger partial charge in [-0.1, -0.05) is 12.1 Å². The predicted octanol–water partition coefficient (Wildman–Crippen LogP) is 2.10. The molecule has 0 N–H and O–H groups in total. The van der Waals surface area contributed by atoms with E-state index in [-0.39, 0.29) is 23.4 Å². The van der Waals surface area contributed by atoms with Crippen LogP contribution in [0.3, 0.4) is 0 Å².